The molecule has 0 atom stereocenters. The lowest BCUT2D eigenvalue weighted by Crippen LogP contribution is -2.14. The van der Waals surface area contributed by atoms with Crippen molar-refractivity contribution in [1.82, 2.24) is 0 Å². The van der Waals surface area contributed by atoms with E-state index in [-0.39, 0.29) is 5.41 Å². The van der Waals surface area contributed by atoms with Crippen molar-refractivity contribution >= 4 is 43.1 Å². The van der Waals surface area contributed by atoms with Gasteiger partial charge >= 0.3 is 0 Å². The number of halogens is 1. The van der Waals surface area contributed by atoms with Crippen molar-refractivity contribution in [2.75, 3.05) is 0 Å². The molecule has 0 saturated heterocycles. The standard InChI is InChI=1S/C27H19ClS/c1-27(2)23-6-4-3-5-19(23)20-10-7-16(13-24(20)27)17-8-11-21-22-12-9-18(28)15-26(22)29-25(21)14-17/h3-15H,1-2H3. The van der Waals surface area contributed by atoms with Gasteiger partial charge in [-0.1, -0.05) is 80.0 Å². The number of benzene rings is 4. The lowest BCUT2D eigenvalue weighted by molar-refractivity contribution is 0.660. The van der Waals surface area contributed by atoms with Gasteiger partial charge in [-0.3, -0.25) is 0 Å². The maximum Gasteiger partial charge on any atom is 0.0420 e. The molecule has 0 fully saturated rings. The van der Waals surface area contributed by atoms with E-state index in [1.54, 1.807) is 0 Å². The third-order valence-corrected chi connectivity index (χ3v) is 7.70. The molecule has 0 amide bonds. The lowest BCUT2D eigenvalue weighted by atomic mass is 9.81. The molecule has 5 aromatic rings. The van der Waals surface area contributed by atoms with Gasteiger partial charge in [-0.15, -0.1) is 11.3 Å². The molecule has 1 aliphatic carbocycles. The zero-order valence-corrected chi connectivity index (χ0v) is 17.9. The van der Waals surface area contributed by atoms with Crippen LogP contribution in [0.4, 0.5) is 0 Å². The van der Waals surface area contributed by atoms with E-state index in [4.69, 9.17) is 11.6 Å². The number of hydrogen-bond acceptors (Lipinski definition) is 1. The van der Waals surface area contributed by atoms with Crippen LogP contribution in [0.15, 0.2) is 78.9 Å². The fraction of sp³-hybridized carbons (Fsp3) is 0.111. The molecule has 140 valence electrons. The summed E-state index contributed by atoms with van der Waals surface area (Å²) in [6.45, 7) is 4.67. The van der Waals surface area contributed by atoms with Crippen molar-refractivity contribution in [2.24, 2.45) is 0 Å². The molecule has 2 heteroatoms. The van der Waals surface area contributed by atoms with Gasteiger partial charge in [0.15, 0.2) is 0 Å². The van der Waals surface area contributed by atoms with Crippen LogP contribution in [-0.4, -0.2) is 0 Å². The molecule has 29 heavy (non-hydrogen) atoms. The van der Waals surface area contributed by atoms with E-state index in [2.05, 4.69) is 86.6 Å². The molecule has 6 rings (SSSR count). The van der Waals surface area contributed by atoms with Crippen LogP contribution in [0.2, 0.25) is 5.02 Å². The molecule has 4 aromatic carbocycles. The summed E-state index contributed by atoms with van der Waals surface area (Å²) in [5.74, 6) is 0. The van der Waals surface area contributed by atoms with Crippen LogP contribution in [0.3, 0.4) is 0 Å². The van der Waals surface area contributed by atoms with Gasteiger partial charge < -0.3 is 0 Å². The molecular formula is C27H19ClS. The molecule has 0 N–H and O–H groups in total. The van der Waals surface area contributed by atoms with E-state index in [0.29, 0.717) is 0 Å². The fourth-order valence-electron chi connectivity index (χ4n) is 4.81. The first-order valence-corrected chi connectivity index (χ1v) is 11.1. The largest absolute Gasteiger partial charge is 0.135 e. The minimum absolute atomic E-state index is 0.0282. The van der Waals surface area contributed by atoms with Crippen molar-refractivity contribution in [1.29, 1.82) is 0 Å². The van der Waals surface area contributed by atoms with Gasteiger partial charge in [0.25, 0.3) is 0 Å². The summed E-state index contributed by atoms with van der Waals surface area (Å²) in [7, 11) is 0. The highest BCUT2D eigenvalue weighted by atomic mass is 35.5. The SMILES string of the molecule is CC1(C)c2ccccc2-c2ccc(-c3ccc4c(c3)sc3cc(Cl)ccc34)cc21. The molecule has 0 aliphatic heterocycles. The van der Waals surface area contributed by atoms with Crippen LogP contribution in [0.5, 0.6) is 0 Å². The van der Waals surface area contributed by atoms with Crippen LogP contribution in [0, 0.1) is 0 Å². The Hall–Kier alpha value is -2.61. The number of rotatable bonds is 1. The smallest absolute Gasteiger partial charge is 0.0420 e. The lowest BCUT2D eigenvalue weighted by Gasteiger charge is -2.22. The molecule has 0 nitrogen and oxygen atoms in total. The topological polar surface area (TPSA) is 0 Å². The normalized spacial score (nSPS) is 14.3. The van der Waals surface area contributed by atoms with Gasteiger partial charge in [0.1, 0.15) is 0 Å². The zero-order chi connectivity index (χ0) is 19.8. The van der Waals surface area contributed by atoms with Crippen molar-refractivity contribution in [3.63, 3.8) is 0 Å². The summed E-state index contributed by atoms with van der Waals surface area (Å²) in [6.07, 6.45) is 0. The van der Waals surface area contributed by atoms with E-state index >= 15 is 0 Å². The van der Waals surface area contributed by atoms with Gasteiger partial charge in [0.2, 0.25) is 0 Å². The first-order chi connectivity index (χ1) is 14.0. The molecule has 1 aromatic heterocycles. The highest BCUT2D eigenvalue weighted by Gasteiger charge is 2.35. The summed E-state index contributed by atoms with van der Waals surface area (Å²) in [6, 6.07) is 28.8. The maximum atomic E-state index is 6.20. The predicted octanol–water partition coefficient (Wildman–Crippen LogP) is 8.68. The van der Waals surface area contributed by atoms with Gasteiger partial charge in [-0.05, 0) is 57.6 Å². The predicted molar refractivity (Wildman–Crippen MR) is 127 cm³/mol. The van der Waals surface area contributed by atoms with E-state index in [9.17, 15) is 0 Å². The van der Waals surface area contributed by atoms with E-state index in [1.165, 1.54) is 53.6 Å². The highest BCUT2D eigenvalue weighted by molar-refractivity contribution is 7.25. The second kappa shape index (κ2) is 5.95. The molecule has 0 spiro atoms. The summed E-state index contributed by atoms with van der Waals surface area (Å²) >= 11 is 8.01. The highest BCUT2D eigenvalue weighted by Crippen LogP contribution is 2.49. The summed E-state index contributed by atoms with van der Waals surface area (Å²) in [5.41, 5.74) is 8.15. The monoisotopic (exact) mass is 410 g/mol. The third kappa shape index (κ3) is 2.44. The van der Waals surface area contributed by atoms with E-state index in [0.717, 1.165) is 5.02 Å². The van der Waals surface area contributed by atoms with Crippen LogP contribution >= 0.6 is 22.9 Å². The van der Waals surface area contributed by atoms with Gasteiger partial charge in [-0.25, -0.2) is 0 Å². The molecule has 0 saturated carbocycles. The first kappa shape index (κ1) is 17.3. The van der Waals surface area contributed by atoms with Crippen LogP contribution in [0.1, 0.15) is 25.0 Å². The Morgan fingerprint density at radius 1 is 0.655 bits per heavy atom. The average Bonchev–Trinajstić information content (AvgIpc) is 3.20. The minimum Gasteiger partial charge on any atom is -0.135 e. The quantitative estimate of drug-likeness (QED) is 0.259. The van der Waals surface area contributed by atoms with Gasteiger partial charge in [0.05, 0.1) is 0 Å². The molecule has 1 aliphatic rings. The Morgan fingerprint density at radius 3 is 2.17 bits per heavy atom. The number of thiophene rings is 1. The Balaban J connectivity index is 1.52. The third-order valence-electron chi connectivity index (χ3n) is 6.35. The van der Waals surface area contributed by atoms with Crippen molar-refractivity contribution < 1.29 is 0 Å². The minimum atomic E-state index is 0.0282. The first-order valence-electron chi connectivity index (χ1n) is 9.89. The molecule has 0 unspecified atom stereocenters. The zero-order valence-electron chi connectivity index (χ0n) is 16.3. The summed E-state index contributed by atoms with van der Waals surface area (Å²) in [5, 5.41) is 3.38. The molecule has 0 radical (unpaired) electrons. The maximum absolute atomic E-state index is 6.20. The Bertz CT molecular complexity index is 1440. The van der Waals surface area contributed by atoms with Crippen molar-refractivity contribution in [3.05, 3.63) is 95.0 Å². The second-order valence-corrected chi connectivity index (χ2v) is 9.90. The molecular weight excluding hydrogens is 392 g/mol. The fourth-order valence-corrected chi connectivity index (χ4v) is 6.24. The Kier molecular flexibility index (Phi) is 3.54. The van der Waals surface area contributed by atoms with Gasteiger partial charge in [0, 0.05) is 30.6 Å². The molecule has 1 heterocycles. The van der Waals surface area contributed by atoms with E-state index in [1.807, 2.05) is 17.4 Å². The summed E-state index contributed by atoms with van der Waals surface area (Å²) < 4.78 is 2.55. The average molecular weight is 411 g/mol. The van der Waals surface area contributed by atoms with Crippen molar-refractivity contribution in [2.45, 2.75) is 19.3 Å². The van der Waals surface area contributed by atoms with Crippen LogP contribution in [-0.2, 0) is 5.41 Å². The van der Waals surface area contributed by atoms with Crippen LogP contribution < -0.4 is 0 Å². The number of hydrogen-bond donors (Lipinski definition) is 0. The number of fused-ring (bicyclic) bond motifs is 6. The Morgan fingerprint density at radius 2 is 1.31 bits per heavy atom. The molecule has 0 bridgehead atoms. The second-order valence-electron chi connectivity index (χ2n) is 8.38. The van der Waals surface area contributed by atoms with E-state index < -0.39 is 0 Å². The van der Waals surface area contributed by atoms with Crippen LogP contribution in [0.25, 0.3) is 42.4 Å². The summed E-state index contributed by atoms with van der Waals surface area (Å²) in [4.78, 5) is 0. The van der Waals surface area contributed by atoms with Crippen molar-refractivity contribution in [3.8, 4) is 22.3 Å². The Labute approximate surface area is 179 Å². The van der Waals surface area contributed by atoms with Gasteiger partial charge in [-0.2, -0.15) is 0 Å².